The molecule has 0 aliphatic carbocycles. The SMILES string of the molecule is Cc1ccc2c(cc(C(=O)NC3(c4ccc(Cc5nn[nH]n5)cc4)COC3)n2C)c1Cl. The van der Waals surface area contributed by atoms with Crippen molar-refractivity contribution in [1.82, 2.24) is 30.5 Å². The van der Waals surface area contributed by atoms with Gasteiger partial charge in [-0.2, -0.15) is 5.21 Å². The molecule has 8 nitrogen and oxygen atoms in total. The Bertz CT molecular complexity index is 1260. The van der Waals surface area contributed by atoms with Crippen molar-refractivity contribution in [3.63, 3.8) is 0 Å². The molecule has 31 heavy (non-hydrogen) atoms. The van der Waals surface area contributed by atoms with Gasteiger partial charge in [-0.25, -0.2) is 0 Å². The van der Waals surface area contributed by atoms with Crippen LogP contribution in [-0.4, -0.2) is 44.3 Å². The monoisotopic (exact) mass is 436 g/mol. The van der Waals surface area contributed by atoms with Crippen molar-refractivity contribution in [2.24, 2.45) is 7.05 Å². The fourth-order valence-electron chi connectivity index (χ4n) is 3.98. The molecule has 1 fully saturated rings. The Kier molecular flexibility index (Phi) is 4.75. The fraction of sp³-hybridized carbons (Fsp3) is 0.273. The molecule has 4 aromatic rings. The van der Waals surface area contributed by atoms with Crippen molar-refractivity contribution >= 4 is 28.4 Å². The largest absolute Gasteiger partial charge is 0.376 e. The number of tetrazole rings is 1. The Morgan fingerprint density at radius 2 is 2.03 bits per heavy atom. The van der Waals surface area contributed by atoms with Gasteiger partial charge >= 0.3 is 0 Å². The van der Waals surface area contributed by atoms with Gasteiger partial charge in [0.25, 0.3) is 5.91 Å². The van der Waals surface area contributed by atoms with Crippen molar-refractivity contribution in [1.29, 1.82) is 0 Å². The second-order valence-electron chi connectivity index (χ2n) is 7.95. The molecule has 2 aromatic carbocycles. The third-order valence-corrected chi connectivity index (χ3v) is 6.40. The highest BCUT2D eigenvalue weighted by Gasteiger charge is 2.42. The van der Waals surface area contributed by atoms with Crippen LogP contribution >= 0.6 is 11.6 Å². The summed E-state index contributed by atoms with van der Waals surface area (Å²) in [6.07, 6.45) is 0.586. The van der Waals surface area contributed by atoms with Gasteiger partial charge < -0.3 is 14.6 Å². The number of fused-ring (bicyclic) bond motifs is 1. The molecule has 5 rings (SSSR count). The van der Waals surface area contributed by atoms with E-state index in [4.69, 9.17) is 16.3 Å². The predicted octanol–water partition coefficient (Wildman–Crippen LogP) is 2.90. The van der Waals surface area contributed by atoms with Gasteiger partial charge in [-0.1, -0.05) is 47.1 Å². The Morgan fingerprint density at radius 1 is 1.26 bits per heavy atom. The van der Waals surface area contributed by atoms with Gasteiger partial charge in [0.15, 0.2) is 5.82 Å². The number of carbonyl (C=O) groups excluding carboxylic acids is 1. The normalized spacial score (nSPS) is 15.1. The first kappa shape index (κ1) is 19.7. The minimum Gasteiger partial charge on any atom is -0.376 e. The predicted molar refractivity (Wildman–Crippen MR) is 116 cm³/mol. The molecule has 1 saturated heterocycles. The highest BCUT2D eigenvalue weighted by molar-refractivity contribution is 6.36. The molecule has 1 amide bonds. The van der Waals surface area contributed by atoms with Gasteiger partial charge in [-0.3, -0.25) is 4.79 Å². The topological polar surface area (TPSA) is 97.7 Å². The van der Waals surface area contributed by atoms with E-state index in [9.17, 15) is 4.79 Å². The van der Waals surface area contributed by atoms with Crippen LogP contribution in [0.5, 0.6) is 0 Å². The number of halogens is 1. The lowest BCUT2D eigenvalue weighted by molar-refractivity contribution is -0.0734. The van der Waals surface area contributed by atoms with Gasteiger partial charge in [0.05, 0.1) is 18.2 Å². The molecule has 0 bridgehead atoms. The highest BCUT2D eigenvalue weighted by atomic mass is 35.5. The summed E-state index contributed by atoms with van der Waals surface area (Å²) in [5, 5.41) is 18.8. The van der Waals surface area contributed by atoms with Crippen molar-refractivity contribution < 1.29 is 9.53 Å². The van der Waals surface area contributed by atoms with Gasteiger partial charge in [-0.15, -0.1) is 10.2 Å². The van der Waals surface area contributed by atoms with E-state index in [-0.39, 0.29) is 5.91 Å². The average molecular weight is 437 g/mol. The molecule has 2 N–H and O–H groups in total. The van der Waals surface area contributed by atoms with Crippen LogP contribution in [0, 0.1) is 6.92 Å². The summed E-state index contributed by atoms with van der Waals surface area (Å²) in [5.41, 5.74) is 3.96. The van der Waals surface area contributed by atoms with Crippen LogP contribution in [-0.2, 0) is 23.7 Å². The summed E-state index contributed by atoms with van der Waals surface area (Å²) in [7, 11) is 1.87. The minimum atomic E-state index is -0.558. The van der Waals surface area contributed by atoms with E-state index in [0.717, 1.165) is 27.6 Å². The summed E-state index contributed by atoms with van der Waals surface area (Å²) in [6, 6.07) is 13.8. The Balaban J connectivity index is 1.40. The Hall–Kier alpha value is -3.23. The van der Waals surface area contributed by atoms with Crippen molar-refractivity contribution in [2.75, 3.05) is 13.2 Å². The number of carbonyl (C=O) groups is 1. The zero-order valence-corrected chi connectivity index (χ0v) is 17.9. The smallest absolute Gasteiger partial charge is 0.268 e. The molecule has 0 spiro atoms. The molecule has 158 valence electrons. The van der Waals surface area contributed by atoms with Crippen molar-refractivity contribution in [2.45, 2.75) is 18.9 Å². The molecule has 0 unspecified atom stereocenters. The van der Waals surface area contributed by atoms with Gasteiger partial charge in [-0.05, 0) is 35.7 Å². The molecule has 3 heterocycles. The van der Waals surface area contributed by atoms with Gasteiger partial charge in [0.2, 0.25) is 0 Å². The van der Waals surface area contributed by atoms with Gasteiger partial charge in [0.1, 0.15) is 11.2 Å². The second kappa shape index (κ2) is 7.47. The fourth-order valence-corrected chi connectivity index (χ4v) is 4.20. The van der Waals surface area contributed by atoms with E-state index in [1.165, 1.54) is 0 Å². The summed E-state index contributed by atoms with van der Waals surface area (Å²) in [6.45, 7) is 2.80. The first-order valence-electron chi connectivity index (χ1n) is 9.93. The highest BCUT2D eigenvalue weighted by Crippen LogP contribution is 2.32. The third-order valence-electron chi connectivity index (χ3n) is 5.89. The maximum Gasteiger partial charge on any atom is 0.268 e. The van der Waals surface area contributed by atoms with Crippen LogP contribution in [0.1, 0.15) is 33.0 Å². The number of aromatic nitrogens is 5. The first-order valence-corrected chi connectivity index (χ1v) is 10.3. The molecule has 0 radical (unpaired) electrons. The number of rotatable bonds is 5. The van der Waals surface area contributed by atoms with Crippen LogP contribution in [0.15, 0.2) is 42.5 Å². The van der Waals surface area contributed by atoms with E-state index in [2.05, 4.69) is 25.9 Å². The molecular formula is C22H21ClN6O2. The molecule has 0 saturated carbocycles. The van der Waals surface area contributed by atoms with Crippen LogP contribution < -0.4 is 5.32 Å². The standard InChI is InChI=1S/C22H21ClN6O2/c1-13-3-8-17-16(20(13)23)10-18(29(17)2)21(30)24-22(11-31-12-22)15-6-4-14(5-7-15)9-19-25-27-28-26-19/h3-8,10H,9,11-12H2,1-2H3,(H,24,30)(H,25,26,27,28). The van der Waals surface area contributed by atoms with E-state index in [1.54, 1.807) is 0 Å². The number of aryl methyl sites for hydroxylation is 2. The summed E-state index contributed by atoms with van der Waals surface area (Å²) in [5.74, 6) is 0.471. The number of nitrogens with one attached hydrogen (secondary N) is 2. The maximum absolute atomic E-state index is 13.2. The van der Waals surface area contributed by atoms with Crippen molar-refractivity contribution in [3.8, 4) is 0 Å². The van der Waals surface area contributed by atoms with Crippen molar-refractivity contribution in [3.05, 3.63) is 75.7 Å². The minimum absolute atomic E-state index is 0.161. The lowest BCUT2D eigenvalue weighted by Gasteiger charge is -2.42. The van der Waals surface area contributed by atoms with E-state index in [0.29, 0.717) is 36.2 Å². The summed E-state index contributed by atoms with van der Waals surface area (Å²) >= 11 is 6.47. The zero-order chi connectivity index (χ0) is 21.6. The van der Waals surface area contributed by atoms with Crippen LogP contribution in [0.25, 0.3) is 10.9 Å². The van der Waals surface area contributed by atoms with E-state index < -0.39 is 5.54 Å². The van der Waals surface area contributed by atoms with Crippen LogP contribution in [0.2, 0.25) is 5.02 Å². The molecule has 2 aromatic heterocycles. The second-order valence-corrected chi connectivity index (χ2v) is 8.33. The summed E-state index contributed by atoms with van der Waals surface area (Å²) in [4.78, 5) is 13.2. The average Bonchev–Trinajstić information content (AvgIpc) is 3.36. The first-order chi connectivity index (χ1) is 15.0. The van der Waals surface area contributed by atoms with E-state index in [1.807, 2.05) is 61.0 Å². The van der Waals surface area contributed by atoms with Crippen LogP contribution in [0.3, 0.4) is 0 Å². The Labute approximate surface area is 183 Å². The molecule has 9 heteroatoms. The molecule has 0 atom stereocenters. The lowest BCUT2D eigenvalue weighted by atomic mass is 9.87. The molecular weight excluding hydrogens is 416 g/mol. The number of benzene rings is 2. The number of ether oxygens (including phenoxy) is 1. The van der Waals surface area contributed by atoms with Gasteiger partial charge in [0, 0.05) is 24.4 Å². The summed E-state index contributed by atoms with van der Waals surface area (Å²) < 4.78 is 7.37. The van der Waals surface area contributed by atoms with E-state index >= 15 is 0 Å². The zero-order valence-electron chi connectivity index (χ0n) is 17.1. The lowest BCUT2D eigenvalue weighted by Crippen LogP contribution is -2.59. The number of nitrogens with zero attached hydrogens (tertiary/aromatic N) is 4. The maximum atomic E-state index is 13.2. The Morgan fingerprint density at radius 3 is 2.68 bits per heavy atom. The van der Waals surface area contributed by atoms with Crippen LogP contribution in [0.4, 0.5) is 0 Å². The number of H-pyrrole nitrogens is 1. The number of hydrogen-bond acceptors (Lipinski definition) is 5. The number of hydrogen-bond donors (Lipinski definition) is 2. The quantitative estimate of drug-likeness (QED) is 0.501. The molecule has 1 aliphatic heterocycles. The number of aromatic amines is 1. The number of amides is 1. The molecule has 1 aliphatic rings. The third kappa shape index (κ3) is 3.37.